The van der Waals surface area contributed by atoms with E-state index in [1.165, 1.54) is 7.11 Å². The van der Waals surface area contributed by atoms with Gasteiger partial charge in [0, 0.05) is 31.8 Å². The summed E-state index contributed by atoms with van der Waals surface area (Å²) in [6, 6.07) is 3.00. The van der Waals surface area contributed by atoms with Crippen LogP contribution in [0.1, 0.15) is 12.0 Å². The number of carboxylic acids is 1. The molecule has 0 aliphatic heterocycles. The van der Waals surface area contributed by atoms with Crippen LogP contribution in [0.5, 0.6) is 5.88 Å². The molecular weight excluding hydrogens is 266 g/mol. The van der Waals surface area contributed by atoms with E-state index < -0.39 is 18.1 Å². The second-order valence-corrected chi connectivity index (χ2v) is 3.96. The highest BCUT2D eigenvalue weighted by molar-refractivity contribution is 5.74. The maximum Gasteiger partial charge on any atom is 0.332 e. The van der Waals surface area contributed by atoms with Crippen LogP contribution < -0.4 is 15.4 Å². The van der Waals surface area contributed by atoms with Crippen molar-refractivity contribution in [3.05, 3.63) is 23.9 Å². The van der Waals surface area contributed by atoms with Crippen molar-refractivity contribution >= 4 is 12.0 Å². The number of aliphatic hydroxyl groups excluding tert-OH is 1. The number of aromatic nitrogens is 1. The van der Waals surface area contributed by atoms with Crippen molar-refractivity contribution in [1.29, 1.82) is 0 Å². The summed E-state index contributed by atoms with van der Waals surface area (Å²) in [5.41, 5.74) is 0.798. The van der Waals surface area contributed by atoms with E-state index in [1.807, 2.05) is 0 Å². The van der Waals surface area contributed by atoms with Crippen molar-refractivity contribution in [3.8, 4) is 5.88 Å². The molecule has 0 aromatic carbocycles. The quantitative estimate of drug-likeness (QED) is 0.546. The molecule has 8 nitrogen and oxygen atoms in total. The van der Waals surface area contributed by atoms with E-state index >= 15 is 0 Å². The third-order valence-electron chi connectivity index (χ3n) is 2.45. The highest BCUT2D eigenvalue weighted by Crippen LogP contribution is 2.05. The Kier molecular flexibility index (Phi) is 6.24. The Morgan fingerprint density at radius 2 is 2.15 bits per heavy atom. The first-order valence-corrected chi connectivity index (χ1v) is 5.94. The SMILES string of the molecule is COc1ccc(CNC(=O)NCC[C@H](O)C(=O)O)cn1. The summed E-state index contributed by atoms with van der Waals surface area (Å²) in [4.78, 5) is 25.7. The lowest BCUT2D eigenvalue weighted by atomic mass is 10.2. The zero-order chi connectivity index (χ0) is 15.0. The minimum atomic E-state index is -1.47. The van der Waals surface area contributed by atoms with Crippen LogP contribution >= 0.6 is 0 Å². The van der Waals surface area contributed by atoms with Crippen molar-refractivity contribution in [2.24, 2.45) is 0 Å². The number of amides is 2. The number of rotatable bonds is 7. The fourth-order valence-electron chi connectivity index (χ4n) is 1.33. The molecule has 110 valence electrons. The predicted octanol–water partition coefficient (Wildman–Crippen LogP) is -0.275. The zero-order valence-electron chi connectivity index (χ0n) is 11.0. The number of hydrogen-bond donors (Lipinski definition) is 4. The molecule has 1 heterocycles. The third-order valence-corrected chi connectivity index (χ3v) is 2.45. The normalized spacial score (nSPS) is 11.5. The maximum atomic E-state index is 11.4. The largest absolute Gasteiger partial charge is 0.481 e. The summed E-state index contributed by atoms with van der Waals surface area (Å²) in [6.07, 6.45) is 0.0567. The van der Waals surface area contributed by atoms with Crippen molar-refractivity contribution in [2.45, 2.75) is 19.1 Å². The Bertz CT molecular complexity index is 449. The van der Waals surface area contributed by atoms with Gasteiger partial charge in [0.05, 0.1) is 7.11 Å². The van der Waals surface area contributed by atoms with Gasteiger partial charge in [0.15, 0.2) is 6.10 Å². The third kappa shape index (κ3) is 5.53. The molecule has 8 heteroatoms. The number of carbonyl (C=O) groups is 2. The first kappa shape index (κ1) is 15.7. The Morgan fingerprint density at radius 1 is 1.40 bits per heavy atom. The van der Waals surface area contributed by atoms with Crippen LogP contribution in [0.4, 0.5) is 4.79 Å². The molecule has 0 saturated carbocycles. The van der Waals surface area contributed by atoms with Crippen LogP contribution in [-0.2, 0) is 11.3 Å². The van der Waals surface area contributed by atoms with Gasteiger partial charge in [-0.05, 0) is 5.56 Å². The summed E-state index contributed by atoms with van der Waals surface area (Å²) in [7, 11) is 1.51. The summed E-state index contributed by atoms with van der Waals surface area (Å²) in [6.45, 7) is 0.352. The molecule has 1 aromatic heterocycles. The first-order chi connectivity index (χ1) is 9.52. The summed E-state index contributed by atoms with van der Waals surface area (Å²) in [5.74, 6) is -0.822. The molecule has 0 radical (unpaired) electrons. The van der Waals surface area contributed by atoms with E-state index in [-0.39, 0.29) is 19.5 Å². The monoisotopic (exact) mass is 283 g/mol. The Hall–Kier alpha value is -2.35. The number of hydrogen-bond acceptors (Lipinski definition) is 5. The number of pyridine rings is 1. The van der Waals surface area contributed by atoms with Gasteiger partial charge in [0.25, 0.3) is 0 Å². The highest BCUT2D eigenvalue weighted by Gasteiger charge is 2.12. The number of carbonyl (C=O) groups excluding carboxylic acids is 1. The van der Waals surface area contributed by atoms with Gasteiger partial charge >= 0.3 is 12.0 Å². The lowest BCUT2D eigenvalue weighted by molar-refractivity contribution is -0.146. The highest BCUT2D eigenvalue weighted by atomic mass is 16.5. The molecule has 1 aromatic rings. The topological polar surface area (TPSA) is 121 Å². The van der Waals surface area contributed by atoms with Gasteiger partial charge in [-0.25, -0.2) is 14.6 Å². The molecule has 4 N–H and O–H groups in total. The zero-order valence-corrected chi connectivity index (χ0v) is 11.0. The van der Waals surface area contributed by atoms with Gasteiger partial charge in [0.1, 0.15) is 0 Å². The maximum absolute atomic E-state index is 11.4. The number of aliphatic carboxylic acids is 1. The van der Waals surface area contributed by atoms with Crippen molar-refractivity contribution < 1.29 is 24.5 Å². The number of methoxy groups -OCH3 is 1. The molecular formula is C12H17N3O5. The van der Waals surface area contributed by atoms with Crippen LogP contribution in [0, 0.1) is 0 Å². The number of ether oxygens (including phenoxy) is 1. The average Bonchev–Trinajstić information content (AvgIpc) is 2.45. The van der Waals surface area contributed by atoms with Gasteiger partial charge < -0.3 is 25.6 Å². The van der Waals surface area contributed by atoms with E-state index in [4.69, 9.17) is 14.9 Å². The molecule has 2 amide bonds. The Labute approximate surface area is 115 Å². The van der Waals surface area contributed by atoms with E-state index in [0.29, 0.717) is 5.88 Å². The molecule has 20 heavy (non-hydrogen) atoms. The van der Waals surface area contributed by atoms with Crippen molar-refractivity contribution in [2.75, 3.05) is 13.7 Å². The predicted molar refractivity (Wildman–Crippen MR) is 69.3 cm³/mol. The number of carboxylic acid groups (broad SMARTS) is 1. The number of urea groups is 1. The molecule has 1 rings (SSSR count). The van der Waals surface area contributed by atoms with E-state index in [2.05, 4.69) is 15.6 Å². The van der Waals surface area contributed by atoms with Gasteiger partial charge in [-0.1, -0.05) is 6.07 Å². The van der Waals surface area contributed by atoms with Gasteiger partial charge in [-0.3, -0.25) is 0 Å². The van der Waals surface area contributed by atoms with Gasteiger partial charge in [0.2, 0.25) is 5.88 Å². The number of aliphatic hydroxyl groups is 1. The smallest absolute Gasteiger partial charge is 0.332 e. The van der Waals surface area contributed by atoms with Crippen molar-refractivity contribution in [1.82, 2.24) is 15.6 Å². The van der Waals surface area contributed by atoms with Crippen LogP contribution in [0.2, 0.25) is 0 Å². The molecule has 0 aliphatic carbocycles. The Balaban J connectivity index is 2.23. The molecule has 0 saturated heterocycles. The summed E-state index contributed by atoms with van der Waals surface area (Å²) in [5, 5.41) is 22.5. The average molecular weight is 283 g/mol. The first-order valence-electron chi connectivity index (χ1n) is 5.94. The molecule has 0 fully saturated rings. The second-order valence-electron chi connectivity index (χ2n) is 3.96. The lowest BCUT2D eigenvalue weighted by Gasteiger charge is -2.09. The number of nitrogens with one attached hydrogen (secondary N) is 2. The van der Waals surface area contributed by atoms with E-state index in [0.717, 1.165) is 5.56 Å². The molecule has 0 bridgehead atoms. The minimum Gasteiger partial charge on any atom is -0.481 e. The minimum absolute atomic E-state index is 0.0488. The Morgan fingerprint density at radius 3 is 2.70 bits per heavy atom. The fourth-order valence-corrected chi connectivity index (χ4v) is 1.33. The van der Waals surface area contributed by atoms with Crippen LogP contribution in [0.25, 0.3) is 0 Å². The molecule has 0 aliphatic rings. The standard InChI is InChI=1S/C12H17N3O5/c1-20-10-3-2-8(6-14-10)7-15-12(19)13-5-4-9(16)11(17)18/h2-3,6,9,16H,4-5,7H2,1H3,(H,17,18)(H2,13,15,19)/t9-/m0/s1. The summed E-state index contributed by atoms with van der Waals surface area (Å²) < 4.78 is 4.91. The van der Waals surface area contributed by atoms with Gasteiger partial charge in [-0.2, -0.15) is 0 Å². The molecule has 1 atom stereocenters. The molecule has 0 spiro atoms. The summed E-state index contributed by atoms with van der Waals surface area (Å²) >= 11 is 0. The fraction of sp³-hybridized carbons (Fsp3) is 0.417. The van der Waals surface area contributed by atoms with Crippen LogP contribution in [0.15, 0.2) is 18.3 Å². The number of nitrogens with zero attached hydrogens (tertiary/aromatic N) is 1. The molecule has 0 unspecified atom stereocenters. The van der Waals surface area contributed by atoms with Crippen molar-refractivity contribution in [3.63, 3.8) is 0 Å². The van der Waals surface area contributed by atoms with E-state index in [1.54, 1.807) is 18.3 Å². The van der Waals surface area contributed by atoms with Crippen LogP contribution in [0.3, 0.4) is 0 Å². The lowest BCUT2D eigenvalue weighted by Crippen LogP contribution is -2.37. The van der Waals surface area contributed by atoms with E-state index in [9.17, 15) is 9.59 Å². The van der Waals surface area contributed by atoms with Gasteiger partial charge in [-0.15, -0.1) is 0 Å². The second kappa shape index (κ2) is 7.95. The van der Waals surface area contributed by atoms with Crippen LogP contribution in [-0.4, -0.2) is 47.0 Å².